The number of nitro groups is 1. The van der Waals surface area contributed by atoms with Crippen LogP contribution in [0.5, 0.6) is 0 Å². The lowest BCUT2D eigenvalue weighted by atomic mass is 10.1. The Balaban J connectivity index is 1.90. The Kier molecular flexibility index (Phi) is 5.08. The molecule has 1 amide bonds. The van der Waals surface area contributed by atoms with Gasteiger partial charge in [0.15, 0.2) is 6.61 Å². The van der Waals surface area contributed by atoms with Crippen LogP contribution in [-0.2, 0) is 16.0 Å². The number of esters is 1. The van der Waals surface area contributed by atoms with Crippen LogP contribution in [0.1, 0.15) is 23.0 Å². The lowest BCUT2D eigenvalue weighted by molar-refractivity contribution is -0.402. The first-order chi connectivity index (χ1) is 11.0. The van der Waals surface area contributed by atoms with E-state index < -0.39 is 29.3 Å². The Morgan fingerprint density at radius 1 is 1.26 bits per heavy atom. The molecule has 0 saturated heterocycles. The number of para-hydroxylation sites is 1. The molecule has 0 saturated carbocycles. The zero-order chi connectivity index (χ0) is 16.8. The molecule has 0 bridgehead atoms. The van der Waals surface area contributed by atoms with Crippen LogP contribution < -0.4 is 5.32 Å². The summed E-state index contributed by atoms with van der Waals surface area (Å²) in [7, 11) is 0. The fourth-order valence-electron chi connectivity index (χ4n) is 1.87. The van der Waals surface area contributed by atoms with Crippen molar-refractivity contribution in [3.8, 4) is 0 Å². The van der Waals surface area contributed by atoms with Crippen molar-refractivity contribution in [3.63, 3.8) is 0 Å². The average molecular weight is 318 g/mol. The quantitative estimate of drug-likeness (QED) is 0.497. The van der Waals surface area contributed by atoms with Crippen LogP contribution in [0.15, 0.2) is 40.8 Å². The van der Waals surface area contributed by atoms with Crippen LogP contribution in [0.4, 0.5) is 11.6 Å². The molecule has 0 aliphatic rings. The number of furan rings is 1. The first kappa shape index (κ1) is 16.2. The third kappa shape index (κ3) is 4.16. The molecule has 120 valence electrons. The van der Waals surface area contributed by atoms with E-state index in [-0.39, 0.29) is 5.76 Å². The number of nitrogens with one attached hydrogen (secondary N) is 1. The molecule has 0 unspecified atom stereocenters. The Morgan fingerprint density at radius 2 is 2.00 bits per heavy atom. The predicted molar refractivity (Wildman–Crippen MR) is 80.1 cm³/mol. The maximum atomic E-state index is 11.8. The first-order valence-electron chi connectivity index (χ1n) is 6.80. The summed E-state index contributed by atoms with van der Waals surface area (Å²) in [6.07, 6.45) is 0.742. The van der Waals surface area contributed by atoms with Gasteiger partial charge in [0.1, 0.15) is 4.92 Å². The Hall–Kier alpha value is -3.16. The molecule has 1 N–H and O–H groups in total. The normalized spacial score (nSPS) is 10.1. The van der Waals surface area contributed by atoms with E-state index in [0.717, 1.165) is 24.1 Å². The van der Waals surface area contributed by atoms with E-state index in [1.165, 1.54) is 0 Å². The third-order valence-corrected chi connectivity index (χ3v) is 2.98. The third-order valence-electron chi connectivity index (χ3n) is 2.98. The fourth-order valence-corrected chi connectivity index (χ4v) is 1.87. The van der Waals surface area contributed by atoms with Gasteiger partial charge in [-0.15, -0.1) is 0 Å². The van der Waals surface area contributed by atoms with Gasteiger partial charge in [-0.05, 0) is 24.1 Å². The molecular formula is C15H14N2O6. The van der Waals surface area contributed by atoms with Crippen molar-refractivity contribution in [1.82, 2.24) is 0 Å². The summed E-state index contributed by atoms with van der Waals surface area (Å²) in [6.45, 7) is 1.43. The number of carbonyl (C=O) groups excluding carboxylic acids is 2. The van der Waals surface area contributed by atoms with Gasteiger partial charge in [0.25, 0.3) is 5.91 Å². The Bertz CT molecular complexity index is 737. The number of hydrogen-bond donors (Lipinski definition) is 1. The molecule has 8 heteroatoms. The number of aryl methyl sites for hydroxylation is 1. The second-order valence-corrected chi connectivity index (χ2v) is 4.53. The van der Waals surface area contributed by atoms with Gasteiger partial charge in [-0.1, -0.05) is 25.1 Å². The summed E-state index contributed by atoms with van der Waals surface area (Å²) in [5.74, 6) is -2.37. The largest absolute Gasteiger partial charge is 0.450 e. The molecule has 1 heterocycles. The summed E-state index contributed by atoms with van der Waals surface area (Å²) in [6, 6.07) is 9.41. The number of ether oxygens (including phenoxy) is 1. The Morgan fingerprint density at radius 3 is 2.65 bits per heavy atom. The summed E-state index contributed by atoms with van der Waals surface area (Å²) < 4.78 is 9.45. The van der Waals surface area contributed by atoms with E-state index in [1.807, 2.05) is 19.1 Å². The second-order valence-electron chi connectivity index (χ2n) is 4.53. The smallest absolute Gasteiger partial charge is 0.433 e. The molecule has 8 nitrogen and oxygen atoms in total. The fraction of sp³-hybridized carbons (Fsp3) is 0.200. The number of nitrogens with zero attached hydrogens (tertiary/aromatic N) is 1. The van der Waals surface area contributed by atoms with Gasteiger partial charge >= 0.3 is 11.9 Å². The van der Waals surface area contributed by atoms with Crippen LogP contribution in [0.25, 0.3) is 0 Å². The van der Waals surface area contributed by atoms with E-state index in [4.69, 9.17) is 4.74 Å². The molecule has 23 heavy (non-hydrogen) atoms. The van der Waals surface area contributed by atoms with Crippen molar-refractivity contribution < 1.29 is 23.7 Å². The molecule has 1 aromatic heterocycles. The number of carbonyl (C=O) groups is 2. The minimum atomic E-state index is -0.947. The predicted octanol–water partition coefficient (Wildman–Crippen LogP) is 2.55. The molecule has 0 radical (unpaired) electrons. The SMILES string of the molecule is CCc1ccccc1NC(=O)COC(=O)c1ccc([N+](=O)[O-])o1. The van der Waals surface area contributed by atoms with Gasteiger partial charge in [-0.3, -0.25) is 14.9 Å². The monoisotopic (exact) mass is 318 g/mol. The topological polar surface area (TPSA) is 112 Å². The number of hydrogen-bond acceptors (Lipinski definition) is 6. The lowest BCUT2D eigenvalue weighted by Gasteiger charge is -2.09. The van der Waals surface area contributed by atoms with Crippen molar-refractivity contribution in [2.75, 3.05) is 11.9 Å². The van der Waals surface area contributed by atoms with Crippen molar-refractivity contribution >= 4 is 23.4 Å². The van der Waals surface area contributed by atoms with Gasteiger partial charge < -0.3 is 14.5 Å². The highest BCUT2D eigenvalue weighted by molar-refractivity contribution is 5.95. The molecule has 0 spiro atoms. The van der Waals surface area contributed by atoms with E-state index >= 15 is 0 Å². The van der Waals surface area contributed by atoms with Crippen LogP contribution in [-0.4, -0.2) is 23.4 Å². The zero-order valence-corrected chi connectivity index (χ0v) is 12.3. The van der Waals surface area contributed by atoms with Crippen LogP contribution >= 0.6 is 0 Å². The minimum absolute atomic E-state index is 0.335. The molecule has 0 aliphatic carbocycles. The molecule has 0 fully saturated rings. The molecule has 2 aromatic rings. The number of benzene rings is 1. The highest BCUT2D eigenvalue weighted by Crippen LogP contribution is 2.17. The maximum Gasteiger partial charge on any atom is 0.433 e. The summed E-state index contributed by atoms with van der Waals surface area (Å²) in [5.41, 5.74) is 1.60. The number of rotatable bonds is 6. The number of amides is 1. The maximum absolute atomic E-state index is 11.8. The lowest BCUT2D eigenvalue weighted by Crippen LogP contribution is -2.21. The van der Waals surface area contributed by atoms with E-state index in [0.29, 0.717) is 5.69 Å². The van der Waals surface area contributed by atoms with Crippen molar-refractivity contribution in [3.05, 3.63) is 57.8 Å². The molecule has 0 aliphatic heterocycles. The minimum Gasteiger partial charge on any atom is -0.450 e. The van der Waals surface area contributed by atoms with Gasteiger partial charge in [-0.25, -0.2) is 4.79 Å². The highest BCUT2D eigenvalue weighted by Gasteiger charge is 2.19. The average Bonchev–Trinajstić information content (AvgIpc) is 3.03. The Labute approximate surface area is 131 Å². The molecular weight excluding hydrogens is 304 g/mol. The van der Waals surface area contributed by atoms with Gasteiger partial charge in [-0.2, -0.15) is 0 Å². The molecule has 1 aromatic carbocycles. The summed E-state index contributed by atoms with van der Waals surface area (Å²) in [4.78, 5) is 33.1. The van der Waals surface area contributed by atoms with Crippen LogP contribution in [0, 0.1) is 10.1 Å². The molecule has 2 rings (SSSR count). The van der Waals surface area contributed by atoms with Gasteiger partial charge in [0, 0.05) is 5.69 Å². The van der Waals surface area contributed by atoms with Crippen molar-refractivity contribution in [2.45, 2.75) is 13.3 Å². The first-order valence-corrected chi connectivity index (χ1v) is 6.80. The second kappa shape index (κ2) is 7.21. The van der Waals surface area contributed by atoms with E-state index in [1.54, 1.807) is 12.1 Å². The summed E-state index contributed by atoms with van der Waals surface area (Å²) >= 11 is 0. The standard InChI is InChI=1S/C15H14N2O6/c1-2-10-5-3-4-6-11(10)16-13(18)9-22-15(19)12-7-8-14(23-12)17(20)21/h3-8H,2,9H2,1H3,(H,16,18). The van der Waals surface area contributed by atoms with Gasteiger partial charge in [0.05, 0.1) is 6.07 Å². The number of anilines is 1. The van der Waals surface area contributed by atoms with Crippen molar-refractivity contribution in [2.24, 2.45) is 0 Å². The van der Waals surface area contributed by atoms with Gasteiger partial charge in [0.2, 0.25) is 5.76 Å². The van der Waals surface area contributed by atoms with Crippen LogP contribution in [0.3, 0.4) is 0 Å². The van der Waals surface area contributed by atoms with Crippen LogP contribution in [0.2, 0.25) is 0 Å². The zero-order valence-electron chi connectivity index (χ0n) is 12.3. The molecule has 0 atom stereocenters. The van der Waals surface area contributed by atoms with Crippen molar-refractivity contribution in [1.29, 1.82) is 0 Å². The van der Waals surface area contributed by atoms with E-state index in [2.05, 4.69) is 9.73 Å². The van der Waals surface area contributed by atoms with E-state index in [9.17, 15) is 19.7 Å². The highest BCUT2D eigenvalue weighted by atomic mass is 16.7. The summed E-state index contributed by atoms with van der Waals surface area (Å²) in [5, 5.41) is 13.1.